The van der Waals surface area contributed by atoms with Crippen LogP contribution >= 0.6 is 0 Å². The second kappa shape index (κ2) is 5.57. The van der Waals surface area contributed by atoms with Gasteiger partial charge in [0.1, 0.15) is 5.75 Å². The number of rotatable bonds is 2. The van der Waals surface area contributed by atoms with Crippen molar-refractivity contribution >= 4 is 11.5 Å². The molecule has 1 aliphatic rings. The summed E-state index contributed by atoms with van der Waals surface area (Å²) in [5.41, 5.74) is 2.08. The SMILES string of the molecule is CC(C)(C)C(=O)Oc1ccc(C2=CCNCC2)cc1. The molecule has 0 aliphatic carbocycles. The highest BCUT2D eigenvalue weighted by Crippen LogP contribution is 2.24. The van der Waals surface area contributed by atoms with E-state index in [1.807, 2.05) is 45.0 Å². The standard InChI is InChI=1S/C16H21NO2/c1-16(2,3)15(18)19-14-6-4-12(5-7-14)13-8-10-17-11-9-13/h4-8,17H,9-11H2,1-3H3. The number of ether oxygens (including phenoxy) is 1. The molecule has 1 N–H and O–H groups in total. The predicted octanol–water partition coefficient (Wildman–Crippen LogP) is 3.01. The van der Waals surface area contributed by atoms with Gasteiger partial charge in [0.05, 0.1) is 5.41 Å². The largest absolute Gasteiger partial charge is 0.426 e. The molecule has 0 saturated carbocycles. The van der Waals surface area contributed by atoms with E-state index in [9.17, 15) is 4.79 Å². The first-order valence-corrected chi connectivity index (χ1v) is 6.69. The molecule has 0 unspecified atom stereocenters. The van der Waals surface area contributed by atoms with Crippen molar-refractivity contribution in [1.29, 1.82) is 0 Å². The molecule has 3 heteroatoms. The molecule has 0 atom stereocenters. The zero-order valence-electron chi connectivity index (χ0n) is 11.8. The molecule has 19 heavy (non-hydrogen) atoms. The van der Waals surface area contributed by atoms with Crippen LogP contribution in [0.15, 0.2) is 30.3 Å². The fourth-order valence-corrected chi connectivity index (χ4v) is 1.88. The van der Waals surface area contributed by atoms with E-state index in [-0.39, 0.29) is 5.97 Å². The van der Waals surface area contributed by atoms with Crippen LogP contribution in [0.1, 0.15) is 32.8 Å². The Hall–Kier alpha value is -1.61. The van der Waals surface area contributed by atoms with E-state index in [0.717, 1.165) is 19.5 Å². The van der Waals surface area contributed by atoms with E-state index < -0.39 is 5.41 Å². The van der Waals surface area contributed by atoms with Gasteiger partial charge in [0.25, 0.3) is 0 Å². The fraction of sp³-hybridized carbons (Fsp3) is 0.438. The van der Waals surface area contributed by atoms with Crippen molar-refractivity contribution in [3.8, 4) is 5.75 Å². The summed E-state index contributed by atoms with van der Waals surface area (Å²) in [6.07, 6.45) is 3.25. The molecule has 1 heterocycles. The number of hydrogen-bond acceptors (Lipinski definition) is 3. The molecule has 102 valence electrons. The van der Waals surface area contributed by atoms with Gasteiger partial charge in [-0.3, -0.25) is 4.79 Å². The highest BCUT2D eigenvalue weighted by Gasteiger charge is 2.23. The molecule has 0 fully saturated rings. The molecule has 1 aromatic carbocycles. The van der Waals surface area contributed by atoms with E-state index in [1.165, 1.54) is 11.1 Å². The highest BCUT2D eigenvalue weighted by atomic mass is 16.5. The first-order chi connectivity index (χ1) is 8.97. The van der Waals surface area contributed by atoms with Gasteiger partial charge in [-0.05, 0) is 57.0 Å². The third-order valence-electron chi connectivity index (χ3n) is 3.11. The van der Waals surface area contributed by atoms with Gasteiger partial charge in [-0.2, -0.15) is 0 Å². The Morgan fingerprint density at radius 2 is 1.89 bits per heavy atom. The van der Waals surface area contributed by atoms with Crippen molar-refractivity contribution in [2.24, 2.45) is 5.41 Å². The Balaban J connectivity index is 2.06. The first-order valence-electron chi connectivity index (χ1n) is 6.69. The lowest BCUT2D eigenvalue weighted by molar-refractivity contribution is -0.142. The average Bonchev–Trinajstić information content (AvgIpc) is 2.39. The number of carbonyl (C=O) groups is 1. The summed E-state index contributed by atoms with van der Waals surface area (Å²) in [7, 11) is 0. The number of nitrogens with one attached hydrogen (secondary N) is 1. The Kier molecular flexibility index (Phi) is 4.05. The molecule has 0 aromatic heterocycles. The Bertz CT molecular complexity index is 480. The number of hydrogen-bond donors (Lipinski definition) is 1. The van der Waals surface area contributed by atoms with Crippen LogP contribution in [0.2, 0.25) is 0 Å². The zero-order chi connectivity index (χ0) is 13.9. The summed E-state index contributed by atoms with van der Waals surface area (Å²) in [5.74, 6) is 0.402. The second-order valence-corrected chi connectivity index (χ2v) is 5.85. The summed E-state index contributed by atoms with van der Waals surface area (Å²) in [4.78, 5) is 11.8. The molecular weight excluding hydrogens is 238 g/mol. The van der Waals surface area contributed by atoms with Crippen LogP contribution in [-0.4, -0.2) is 19.1 Å². The number of carbonyl (C=O) groups excluding carboxylic acids is 1. The maximum Gasteiger partial charge on any atom is 0.316 e. The molecule has 0 bridgehead atoms. The van der Waals surface area contributed by atoms with Crippen molar-refractivity contribution in [2.75, 3.05) is 13.1 Å². The fourth-order valence-electron chi connectivity index (χ4n) is 1.88. The molecule has 0 amide bonds. The quantitative estimate of drug-likeness (QED) is 0.655. The summed E-state index contributed by atoms with van der Waals surface area (Å²) in [5, 5.41) is 3.29. The molecule has 2 rings (SSSR count). The van der Waals surface area contributed by atoms with E-state index in [2.05, 4.69) is 11.4 Å². The van der Waals surface area contributed by atoms with Crippen molar-refractivity contribution in [2.45, 2.75) is 27.2 Å². The molecule has 0 saturated heterocycles. The Morgan fingerprint density at radius 1 is 1.21 bits per heavy atom. The second-order valence-electron chi connectivity index (χ2n) is 5.85. The van der Waals surface area contributed by atoms with E-state index >= 15 is 0 Å². The van der Waals surface area contributed by atoms with Gasteiger partial charge in [0.15, 0.2) is 0 Å². The van der Waals surface area contributed by atoms with Gasteiger partial charge in [0, 0.05) is 6.54 Å². The summed E-state index contributed by atoms with van der Waals surface area (Å²) < 4.78 is 5.35. The molecule has 1 aliphatic heterocycles. The molecule has 1 aromatic rings. The van der Waals surface area contributed by atoms with Crippen LogP contribution in [0.3, 0.4) is 0 Å². The molecule has 0 spiro atoms. The zero-order valence-corrected chi connectivity index (χ0v) is 11.8. The van der Waals surface area contributed by atoms with E-state index in [4.69, 9.17) is 4.74 Å². The first kappa shape index (κ1) is 13.8. The van der Waals surface area contributed by atoms with Gasteiger partial charge < -0.3 is 10.1 Å². The number of benzene rings is 1. The minimum atomic E-state index is -0.476. The van der Waals surface area contributed by atoms with E-state index in [0.29, 0.717) is 5.75 Å². The minimum absolute atomic E-state index is 0.207. The van der Waals surface area contributed by atoms with Crippen molar-refractivity contribution in [1.82, 2.24) is 5.32 Å². The smallest absolute Gasteiger partial charge is 0.316 e. The van der Waals surface area contributed by atoms with Crippen LogP contribution in [0.25, 0.3) is 5.57 Å². The van der Waals surface area contributed by atoms with Crippen molar-refractivity contribution in [3.05, 3.63) is 35.9 Å². The molecule has 0 radical (unpaired) electrons. The lowest BCUT2D eigenvalue weighted by atomic mass is 9.97. The van der Waals surface area contributed by atoms with Gasteiger partial charge in [0.2, 0.25) is 0 Å². The van der Waals surface area contributed by atoms with E-state index in [1.54, 1.807) is 0 Å². The third-order valence-corrected chi connectivity index (χ3v) is 3.11. The highest BCUT2D eigenvalue weighted by molar-refractivity contribution is 5.78. The monoisotopic (exact) mass is 259 g/mol. The minimum Gasteiger partial charge on any atom is -0.426 e. The van der Waals surface area contributed by atoms with Crippen LogP contribution in [-0.2, 0) is 4.79 Å². The van der Waals surface area contributed by atoms with Gasteiger partial charge in [-0.1, -0.05) is 18.2 Å². The lowest BCUT2D eigenvalue weighted by Crippen LogP contribution is -2.25. The summed E-state index contributed by atoms with van der Waals surface area (Å²) in [6.45, 7) is 7.50. The van der Waals surface area contributed by atoms with Gasteiger partial charge in [-0.25, -0.2) is 0 Å². The Morgan fingerprint density at radius 3 is 2.42 bits per heavy atom. The molecule has 3 nitrogen and oxygen atoms in total. The maximum atomic E-state index is 11.8. The topological polar surface area (TPSA) is 38.3 Å². The van der Waals surface area contributed by atoms with Crippen LogP contribution in [0.4, 0.5) is 0 Å². The maximum absolute atomic E-state index is 11.8. The third kappa shape index (κ3) is 3.67. The normalized spacial score (nSPS) is 15.8. The van der Waals surface area contributed by atoms with Gasteiger partial charge in [-0.15, -0.1) is 0 Å². The average molecular weight is 259 g/mol. The summed E-state index contributed by atoms with van der Waals surface area (Å²) >= 11 is 0. The summed E-state index contributed by atoms with van der Waals surface area (Å²) in [6, 6.07) is 7.76. The Labute approximate surface area is 114 Å². The van der Waals surface area contributed by atoms with Crippen LogP contribution in [0, 0.1) is 5.41 Å². The van der Waals surface area contributed by atoms with Crippen molar-refractivity contribution in [3.63, 3.8) is 0 Å². The molecular formula is C16H21NO2. The van der Waals surface area contributed by atoms with Crippen molar-refractivity contribution < 1.29 is 9.53 Å². The van der Waals surface area contributed by atoms with Crippen LogP contribution in [0.5, 0.6) is 5.75 Å². The number of esters is 1. The van der Waals surface area contributed by atoms with Crippen LogP contribution < -0.4 is 10.1 Å². The van der Waals surface area contributed by atoms with Gasteiger partial charge >= 0.3 is 5.97 Å². The lowest BCUT2D eigenvalue weighted by Gasteiger charge is -2.17. The predicted molar refractivity (Wildman–Crippen MR) is 77.0 cm³/mol.